The maximum atomic E-state index is 13.2. The van der Waals surface area contributed by atoms with Crippen molar-refractivity contribution in [2.75, 3.05) is 13.7 Å². The van der Waals surface area contributed by atoms with E-state index in [0.717, 1.165) is 36.2 Å². The number of nitrogens with zero attached hydrogens (tertiary/aromatic N) is 3. The Morgan fingerprint density at radius 2 is 2.03 bits per heavy atom. The molecule has 3 aromatic rings. The Morgan fingerprint density at radius 1 is 1.21 bits per heavy atom. The first-order valence-electron chi connectivity index (χ1n) is 12.1. The maximum Gasteiger partial charge on any atom is 0.338 e. The average Bonchev–Trinajstić information content (AvgIpc) is 3.43. The van der Waals surface area contributed by atoms with Gasteiger partial charge in [-0.15, -0.1) is 5.10 Å². The lowest BCUT2D eigenvalue weighted by Gasteiger charge is -2.22. The number of aromatic nitrogens is 3. The molecular formula is C26H28N4O4. The topological polar surface area (TPSA) is 94.8 Å². The van der Waals surface area contributed by atoms with E-state index in [1.807, 2.05) is 24.3 Å². The first-order valence-corrected chi connectivity index (χ1v) is 12.1. The Kier molecular flexibility index (Phi) is 5.04. The Hall–Kier alpha value is -3.42. The maximum absolute atomic E-state index is 13.2. The summed E-state index contributed by atoms with van der Waals surface area (Å²) in [5.41, 5.74) is 3.07. The fourth-order valence-corrected chi connectivity index (χ4v) is 5.29. The molecule has 34 heavy (non-hydrogen) atoms. The number of carbonyl (C=O) groups is 2. The average molecular weight is 461 g/mol. The second kappa shape index (κ2) is 8.11. The predicted molar refractivity (Wildman–Crippen MR) is 125 cm³/mol. The molecule has 0 radical (unpaired) electrons. The molecule has 0 atom stereocenters. The van der Waals surface area contributed by atoms with Gasteiger partial charge < -0.3 is 14.8 Å². The summed E-state index contributed by atoms with van der Waals surface area (Å²) < 4.78 is 12.5. The van der Waals surface area contributed by atoms with Crippen LogP contribution in [0, 0.1) is 5.92 Å². The molecule has 1 aromatic carbocycles. The minimum absolute atomic E-state index is 0.0303. The van der Waals surface area contributed by atoms with Crippen LogP contribution in [-0.2, 0) is 21.6 Å². The quantitative estimate of drug-likeness (QED) is 0.562. The number of carbonyl (C=O) groups excluding carboxylic acids is 2. The summed E-state index contributed by atoms with van der Waals surface area (Å²) >= 11 is 0. The van der Waals surface area contributed by atoms with E-state index in [2.05, 4.69) is 5.32 Å². The fourth-order valence-electron chi connectivity index (χ4n) is 5.29. The molecule has 2 aliphatic carbocycles. The monoisotopic (exact) mass is 460 g/mol. The number of nitrogens with one attached hydrogen (secondary N) is 1. The molecule has 1 N–H and O–H groups in total. The van der Waals surface area contributed by atoms with Crippen LogP contribution >= 0.6 is 0 Å². The van der Waals surface area contributed by atoms with E-state index < -0.39 is 5.41 Å². The van der Waals surface area contributed by atoms with Gasteiger partial charge in [0.25, 0.3) is 0 Å². The van der Waals surface area contributed by atoms with Crippen LogP contribution in [0.2, 0.25) is 0 Å². The third-order valence-corrected chi connectivity index (χ3v) is 7.54. The molecule has 1 aliphatic heterocycles. The van der Waals surface area contributed by atoms with Gasteiger partial charge in [-0.3, -0.25) is 4.79 Å². The summed E-state index contributed by atoms with van der Waals surface area (Å²) in [6.07, 6.45) is 7.69. The predicted octanol–water partition coefficient (Wildman–Crippen LogP) is 3.80. The van der Waals surface area contributed by atoms with Crippen LogP contribution in [0.4, 0.5) is 0 Å². The Balaban J connectivity index is 1.34. The van der Waals surface area contributed by atoms with Crippen molar-refractivity contribution in [3.05, 3.63) is 47.3 Å². The van der Waals surface area contributed by atoms with E-state index in [4.69, 9.17) is 19.6 Å². The molecule has 3 heterocycles. The van der Waals surface area contributed by atoms with E-state index in [1.54, 1.807) is 17.7 Å². The van der Waals surface area contributed by atoms with E-state index in [0.29, 0.717) is 28.7 Å². The second-order valence-corrected chi connectivity index (χ2v) is 9.70. The van der Waals surface area contributed by atoms with Crippen molar-refractivity contribution in [2.45, 2.75) is 57.0 Å². The molecular weight excluding hydrogens is 432 g/mol. The lowest BCUT2D eigenvalue weighted by Crippen LogP contribution is -2.38. The highest BCUT2D eigenvalue weighted by Crippen LogP contribution is 2.47. The van der Waals surface area contributed by atoms with Gasteiger partial charge in [0, 0.05) is 17.7 Å². The first kappa shape index (κ1) is 21.1. The third-order valence-electron chi connectivity index (χ3n) is 7.54. The van der Waals surface area contributed by atoms with Crippen molar-refractivity contribution in [3.63, 3.8) is 0 Å². The highest BCUT2D eigenvalue weighted by molar-refractivity contribution is 5.94. The summed E-state index contributed by atoms with van der Waals surface area (Å²) in [5, 5.41) is 8.02. The summed E-state index contributed by atoms with van der Waals surface area (Å²) in [6, 6.07) is 9.41. The molecule has 0 spiro atoms. The lowest BCUT2D eigenvalue weighted by molar-refractivity contribution is -0.124. The zero-order valence-electron chi connectivity index (χ0n) is 19.3. The number of fused-ring (bicyclic) bond motifs is 2. The van der Waals surface area contributed by atoms with Gasteiger partial charge in [-0.1, -0.05) is 25.3 Å². The number of hydrogen-bond donors (Lipinski definition) is 1. The molecule has 6 rings (SSSR count). The van der Waals surface area contributed by atoms with Gasteiger partial charge in [-0.25, -0.2) is 14.3 Å². The number of amides is 1. The van der Waals surface area contributed by atoms with Crippen LogP contribution in [0.1, 0.15) is 66.7 Å². The standard InChI is InChI=1S/C26H28N4O4/c1-33-21-10-9-20(17-7-8-19-18(13-17)15-34-23(19)31)30-22(21)28-24(29-30)26(11-12-26)25(32)27-14-16-5-3-2-4-6-16/h7-10,13,16H,2-6,11-12,14-15H2,1H3,(H,27,32). The number of hydrogen-bond acceptors (Lipinski definition) is 6. The highest BCUT2D eigenvalue weighted by Gasteiger charge is 2.55. The van der Waals surface area contributed by atoms with Gasteiger partial charge in [0.1, 0.15) is 12.0 Å². The summed E-state index contributed by atoms with van der Waals surface area (Å²) in [6.45, 7) is 1.01. The second-order valence-electron chi connectivity index (χ2n) is 9.70. The summed E-state index contributed by atoms with van der Waals surface area (Å²) in [7, 11) is 1.60. The summed E-state index contributed by atoms with van der Waals surface area (Å²) in [4.78, 5) is 29.9. The molecule has 2 aromatic heterocycles. The van der Waals surface area contributed by atoms with Crippen molar-refractivity contribution < 1.29 is 19.1 Å². The van der Waals surface area contributed by atoms with Crippen LogP contribution in [0.15, 0.2) is 30.3 Å². The SMILES string of the molecule is COc1ccc(-c2ccc3c(c2)COC3=O)n2nc(C3(C(=O)NCC4CCCCC4)CC3)nc12. The zero-order valence-corrected chi connectivity index (χ0v) is 19.3. The van der Waals surface area contributed by atoms with Gasteiger partial charge in [0.15, 0.2) is 17.2 Å². The number of methoxy groups -OCH3 is 1. The van der Waals surface area contributed by atoms with Crippen LogP contribution in [-0.4, -0.2) is 40.1 Å². The number of pyridine rings is 1. The zero-order chi connectivity index (χ0) is 23.3. The molecule has 3 aliphatic rings. The van der Waals surface area contributed by atoms with Crippen molar-refractivity contribution in [2.24, 2.45) is 5.92 Å². The fraction of sp³-hybridized carbons (Fsp3) is 0.462. The molecule has 8 heteroatoms. The van der Waals surface area contributed by atoms with Crippen molar-refractivity contribution in [3.8, 4) is 17.0 Å². The van der Waals surface area contributed by atoms with Gasteiger partial charge in [0.2, 0.25) is 5.91 Å². The molecule has 2 saturated carbocycles. The highest BCUT2D eigenvalue weighted by atomic mass is 16.5. The smallest absolute Gasteiger partial charge is 0.338 e. The minimum atomic E-state index is -0.666. The van der Waals surface area contributed by atoms with Crippen LogP contribution in [0.5, 0.6) is 5.75 Å². The Bertz CT molecular complexity index is 1290. The molecule has 0 bridgehead atoms. The number of ether oxygens (including phenoxy) is 2. The first-order chi connectivity index (χ1) is 16.6. The number of cyclic esters (lactones) is 1. The number of benzene rings is 1. The third kappa shape index (κ3) is 3.43. The minimum Gasteiger partial charge on any atom is -0.493 e. The lowest BCUT2D eigenvalue weighted by atomic mass is 9.89. The van der Waals surface area contributed by atoms with E-state index in [1.165, 1.54) is 32.1 Å². The molecule has 0 saturated heterocycles. The largest absolute Gasteiger partial charge is 0.493 e. The molecule has 176 valence electrons. The van der Waals surface area contributed by atoms with Crippen LogP contribution in [0.25, 0.3) is 16.9 Å². The molecule has 0 unspecified atom stereocenters. The number of esters is 1. The van der Waals surface area contributed by atoms with Crippen molar-refractivity contribution >= 4 is 17.5 Å². The Morgan fingerprint density at radius 3 is 2.79 bits per heavy atom. The molecule has 8 nitrogen and oxygen atoms in total. The molecule has 2 fully saturated rings. The van der Waals surface area contributed by atoms with Gasteiger partial charge >= 0.3 is 5.97 Å². The number of rotatable bonds is 6. The van der Waals surface area contributed by atoms with E-state index >= 15 is 0 Å². The van der Waals surface area contributed by atoms with Crippen LogP contribution in [0.3, 0.4) is 0 Å². The van der Waals surface area contributed by atoms with Crippen molar-refractivity contribution in [1.82, 2.24) is 19.9 Å². The summed E-state index contributed by atoms with van der Waals surface area (Å²) in [5.74, 6) is 1.45. The van der Waals surface area contributed by atoms with Crippen molar-refractivity contribution in [1.29, 1.82) is 0 Å². The van der Waals surface area contributed by atoms with Crippen LogP contribution < -0.4 is 10.1 Å². The molecule has 1 amide bonds. The van der Waals surface area contributed by atoms with Gasteiger partial charge in [-0.2, -0.15) is 0 Å². The van der Waals surface area contributed by atoms with Gasteiger partial charge in [0.05, 0.1) is 18.4 Å². The van der Waals surface area contributed by atoms with E-state index in [9.17, 15) is 9.59 Å². The Labute approximate surface area is 197 Å². The van der Waals surface area contributed by atoms with Gasteiger partial charge in [-0.05, 0) is 55.9 Å². The normalized spacial score (nSPS) is 19.0. The van der Waals surface area contributed by atoms with E-state index in [-0.39, 0.29) is 18.5 Å².